The first-order valence-corrected chi connectivity index (χ1v) is 7.00. The Kier molecular flexibility index (Phi) is 3.16. The van der Waals surface area contributed by atoms with Crippen molar-refractivity contribution >= 4 is 33.6 Å². The highest BCUT2D eigenvalue weighted by Crippen LogP contribution is 2.21. The van der Waals surface area contributed by atoms with Crippen LogP contribution in [0.1, 0.15) is 11.4 Å². The Hall–Kier alpha value is -1.59. The molecule has 0 saturated heterocycles. The van der Waals surface area contributed by atoms with Crippen molar-refractivity contribution in [1.29, 1.82) is 0 Å². The molecule has 6 heteroatoms. The fourth-order valence-corrected chi connectivity index (χ4v) is 3.00. The maximum Gasteiger partial charge on any atom is 0.194 e. The first-order chi connectivity index (χ1) is 9.13. The van der Waals surface area contributed by atoms with E-state index < -0.39 is 0 Å². The lowest BCUT2D eigenvalue weighted by atomic mass is 10.3. The quantitative estimate of drug-likeness (QED) is 0.788. The van der Waals surface area contributed by atoms with Gasteiger partial charge < -0.3 is 5.32 Å². The van der Waals surface area contributed by atoms with E-state index in [1.807, 2.05) is 22.9 Å². The minimum atomic E-state index is -0.347. The van der Waals surface area contributed by atoms with Crippen molar-refractivity contribution in [2.45, 2.75) is 13.5 Å². The van der Waals surface area contributed by atoms with E-state index in [0.717, 1.165) is 16.3 Å². The Bertz CT molecular complexity index is 714. The van der Waals surface area contributed by atoms with Crippen molar-refractivity contribution in [1.82, 2.24) is 9.38 Å². The molecule has 0 radical (unpaired) electrons. The molecule has 98 valence electrons. The molecule has 0 unspecified atom stereocenters. The van der Waals surface area contributed by atoms with Crippen LogP contribution in [0.5, 0.6) is 0 Å². The van der Waals surface area contributed by atoms with E-state index in [9.17, 15) is 4.39 Å². The van der Waals surface area contributed by atoms with Crippen LogP contribution in [0.3, 0.4) is 0 Å². The summed E-state index contributed by atoms with van der Waals surface area (Å²) in [5.41, 5.74) is 2.70. The van der Waals surface area contributed by atoms with E-state index in [4.69, 9.17) is 11.6 Å². The number of hydrogen-bond acceptors (Lipinski definition) is 3. The van der Waals surface area contributed by atoms with Crippen LogP contribution in [0.25, 0.3) is 4.96 Å². The lowest BCUT2D eigenvalue weighted by Crippen LogP contribution is -2.03. The fraction of sp³-hybridized carbons (Fsp3) is 0.154. The Labute approximate surface area is 118 Å². The molecule has 0 aliphatic carbocycles. The van der Waals surface area contributed by atoms with E-state index in [1.54, 1.807) is 17.4 Å². The molecule has 0 aliphatic rings. The second-order valence-electron chi connectivity index (χ2n) is 4.21. The van der Waals surface area contributed by atoms with Crippen LogP contribution in [0.2, 0.25) is 5.02 Å². The van der Waals surface area contributed by atoms with Crippen LogP contribution >= 0.6 is 22.9 Å². The van der Waals surface area contributed by atoms with Crippen LogP contribution in [0, 0.1) is 12.7 Å². The molecule has 2 heterocycles. The van der Waals surface area contributed by atoms with Crippen molar-refractivity contribution in [2.24, 2.45) is 0 Å². The zero-order valence-corrected chi connectivity index (χ0v) is 11.7. The van der Waals surface area contributed by atoms with Gasteiger partial charge in [-0.1, -0.05) is 11.6 Å². The fourth-order valence-electron chi connectivity index (χ4n) is 2.00. The normalized spacial score (nSPS) is 11.1. The van der Waals surface area contributed by atoms with Gasteiger partial charge >= 0.3 is 0 Å². The van der Waals surface area contributed by atoms with E-state index in [-0.39, 0.29) is 5.82 Å². The van der Waals surface area contributed by atoms with Gasteiger partial charge in [-0.2, -0.15) is 0 Å². The first kappa shape index (κ1) is 12.4. The molecule has 19 heavy (non-hydrogen) atoms. The van der Waals surface area contributed by atoms with Crippen LogP contribution in [-0.4, -0.2) is 9.38 Å². The molecule has 1 aromatic carbocycles. The van der Waals surface area contributed by atoms with Crippen molar-refractivity contribution in [2.75, 3.05) is 5.32 Å². The molecule has 0 fully saturated rings. The van der Waals surface area contributed by atoms with Gasteiger partial charge in [-0.15, -0.1) is 11.3 Å². The van der Waals surface area contributed by atoms with E-state index >= 15 is 0 Å². The molecule has 3 nitrogen and oxygen atoms in total. The molecule has 0 aliphatic heterocycles. The third-order valence-electron chi connectivity index (χ3n) is 2.88. The van der Waals surface area contributed by atoms with Crippen LogP contribution < -0.4 is 5.32 Å². The summed E-state index contributed by atoms with van der Waals surface area (Å²) in [4.78, 5) is 5.43. The molecule has 0 bridgehead atoms. The van der Waals surface area contributed by atoms with Crippen LogP contribution in [0.15, 0.2) is 29.8 Å². The number of halogens is 2. The lowest BCUT2D eigenvalue weighted by molar-refractivity contribution is 0.628. The van der Waals surface area contributed by atoms with E-state index in [0.29, 0.717) is 17.3 Å². The van der Waals surface area contributed by atoms with Crippen molar-refractivity contribution in [3.8, 4) is 0 Å². The minimum absolute atomic E-state index is 0.347. The summed E-state index contributed by atoms with van der Waals surface area (Å²) in [7, 11) is 0. The number of thiazole rings is 1. The van der Waals surface area contributed by atoms with Gasteiger partial charge in [-0.3, -0.25) is 4.40 Å². The number of rotatable bonds is 3. The summed E-state index contributed by atoms with van der Waals surface area (Å²) in [5.74, 6) is -0.347. The van der Waals surface area contributed by atoms with Gasteiger partial charge in [0.05, 0.1) is 17.9 Å². The molecule has 0 amide bonds. The second kappa shape index (κ2) is 4.83. The van der Waals surface area contributed by atoms with Crippen molar-refractivity contribution in [3.63, 3.8) is 0 Å². The van der Waals surface area contributed by atoms with Gasteiger partial charge in [-0.25, -0.2) is 9.37 Å². The van der Waals surface area contributed by atoms with Crippen LogP contribution in [0.4, 0.5) is 10.1 Å². The molecule has 2 aromatic heterocycles. The number of hydrogen-bond donors (Lipinski definition) is 1. The molecule has 3 rings (SSSR count). The lowest BCUT2D eigenvalue weighted by Gasteiger charge is -2.07. The number of aryl methyl sites for hydroxylation is 1. The summed E-state index contributed by atoms with van der Waals surface area (Å²) in [6.45, 7) is 2.54. The van der Waals surface area contributed by atoms with Gasteiger partial charge in [0.2, 0.25) is 0 Å². The Morgan fingerprint density at radius 1 is 1.42 bits per heavy atom. The molecular weight excluding hydrogens is 285 g/mol. The number of anilines is 1. The average molecular weight is 296 g/mol. The topological polar surface area (TPSA) is 29.3 Å². The van der Waals surface area contributed by atoms with Gasteiger partial charge in [0.1, 0.15) is 5.82 Å². The Morgan fingerprint density at radius 2 is 2.26 bits per heavy atom. The highest BCUT2D eigenvalue weighted by Gasteiger charge is 2.09. The Morgan fingerprint density at radius 3 is 3.05 bits per heavy atom. The summed E-state index contributed by atoms with van der Waals surface area (Å²) in [6, 6.07) is 4.41. The first-order valence-electron chi connectivity index (χ1n) is 5.74. The molecule has 0 saturated carbocycles. The van der Waals surface area contributed by atoms with Crippen LogP contribution in [-0.2, 0) is 6.54 Å². The summed E-state index contributed by atoms with van der Waals surface area (Å²) in [5, 5.41) is 5.54. The molecular formula is C13H11ClFN3S. The highest BCUT2D eigenvalue weighted by atomic mass is 35.5. The average Bonchev–Trinajstić information content (AvgIpc) is 2.86. The number of aromatic nitrogens is 2. The number of fused-ring (bicyclic) bond motifs is 1. The van der Waals surface area contributed by atoms with Gasteiger partial charge in [0.25, 0.3) is 0 Å². The zero-order chi connectivity index (χ0) is 13.4. The van der Waals surface area contributed by atoms with Crippen molar-refractivity contribution in [3.05, 3.63) is 52.0 Å². The highest BCUT2D eigenvalue weighted by molar-refractivity contribution is 7.15. The third-order valence-corrected chi connectivity index (χ3v) is 3.86. The standard InChI is InChI=1S/C13H11ClFN3S/c1-8-12(18-2-3-19-13(18)17-8)7-16-11-5-9(14)4-10(15)6-11/h2-6,16H,7H2,1H3. The number of imidazole rings is 1. The molecule has 3 aromatic rings. The molecule has 1 N–H and O–H groups in total. The number of benzene rings is 1. The zero-order valence-electron chi connectivity index (χ0n) is 10.2. The largest absolute Gasteiger partial charge is 0.379 e. The van der Waals surface area contributed by atoms with Gasteiger partial charge in [0.15, 0.2) is 4.96 Å². The van der Waals surface area contributed by atoms with Gasteiger partial charge in [0, 0.05) is 22.3 Å². The van der Waals surface area contributed by atoms with E-state index in [1.165, 1.54) is 12.1 Å². The van der Waals surface area contributed by atoms with Gasteiger partial charge in [-0.05, 0) is 25.1 Å². The molecule has 0 atom stereocenters. The third kappa shape index (κ3) is 2.43. The predicted molar refractivity (Wildman–Crippen MR) is 76.5 cm³/mol. The predicted octanol–water partition coefficient (Wildman–Crippen LogP) is 4.11. The maximum atomic E-state index is 13.2. The SMILES string of the molecule is Cc1nc2sccn2c1CNc1cc(F)cc(Cl)c1. The summed E-state index contributed by atoms with van der Waals surface area (Å²) >= 11 is 7.42. The maximum absolute atomic E-state index is 13.2. The summed E-state index contributed by atoms with van der Waals surface area (Å²) in [6.07, 6.45) is 1.98. The molecule has 0 spiro atoms. The second-order valence-corrected chi connectivity index (χ2v) is 5.52. The minimum Gasteiger partial charge on any atom is -0.379 e. The van der Waals surface area contributed by atoms with Crippen molar-refractivity contribution < 1.29 is 4.39 Å². The Balaban J connectivity index is 1.85. The monoisotopic (exact) mass is 295 g/mol. The number of nitrogens with zero attached hydrogens (tertiary/aromatic N) is 2. The smallest absolute Gasteiger partial charge is 0.194 e. The summed E-state index contributed by atoms with van der Waals surface area (Å²) < 4.78 is 15.3. The number of nitrogens with one attached hydrogen (secondary N) is 1. The van der Waals surface area contributed by atoms with E-state index in [2.05, 4.69) is 10.3 Å².